The van der Waals surface area contributed by atoms with Gasteiger partial charge in [-0.05, 0) is 86.7 Å². The molecule has 196 valence electrons. The van der Waals surface area contributed by atoms with E-state index in [9.17, 15) is 22.8 Å². The Hall–Kier alpha value is -2.38. The summed E-state index contributed by atoms with van der Waals surface area (Å²) in [7, 11) is 1.93. The van der Waals surface area contributed by atoms with Crippen LogP contribution in [0.1, 0.15) is 77.8 Å². The molecule has 5 nitrogen and oxygen atoms in total. The highest BCUT2D eigenvalue weighted by molar-refractivity contribution is 5.90. The third-order valence-electron chi connectivity index (χ3n) is 10.2. The van der Waals surface area contributed by atoms with Crippen LogP contribution in [0.25, 0.3) is 0 Å². The van der Waals surface area contributed by atoms with Gasteiger partial charge in [0.25, 0.3) is 0 Å². The molecule has 3 aliphatic carbocycles. The SMILES string of the molecule is CC1=C2N(C)C(=O)CC[C@]2(C)C2CC[C@]3(C)[C@@H](CC(=O)Nc4cccc(C(F)(F)F)n4)CC[C@H]3C2C1. The fourth-order valence-electron chi connectivity index (χ4n) is 8.63. The van der Waals surface area contributed by atoms with Gasteiger partial charge in [0, 0.05) is 31.0 Å². The summed E-state index contributed by atoms with van der Waals surface area (Å²) in [5.74, 6) is 1.67. The maximum absolute atomic E-state index is 13.0. The minimum Gasteiger partial charge on any atom is -0.319 e. The molecule has 1 aromatic rings. The normalized spacial score (nSPS) is 36.3. The molecule has 0 aromatic carbocycles. The number of alkyl halides is 3. The summed E-state index contributed by atoms with van der Waals surface area (Å²) in [5, 5.41) is 2.61. The molecule has 2 unspecified atom stereocenters. The van der Waals surface area contributed by atoms with E-state index in [-0.39, 0.29) is 34.4 Å². The van der Waals surface area contributed by atoms with E-state index >= 15 is 0 Å². The van der Waals surface area contributed by atoms with Crippen LogP contribution in [0.3, 0.4) is 0 Å². The van der Waals surface area contributed by atoms with E-state index < -0.39 is 11.9 Å². The first-order chi connectivity index (χ1) is 16.8. The molecular weight excluding hydrogens is 467 g/mol. The molecule has 2 heterocycles. The number of nitrogens with zero attached hydrogens (tertiary/aromatic N) is 2. The number of amides is 2. The predicted octanol–water partition coefficient (Wildman–Crippen LogP) is 6.42. The van der Waals surface area contributed by atoms with Crippen LogP contribution in [-0.4, -0.2) is 28.7 Å². The lowest BCUT2D eigenvalue weighted by atomic mass is 9.48. The predicted molar refractivity (Wildman–Crippen MR) is 130 cm³/mol. The van der Waals surface area contributed by atoms with Crippen LogP contribution in [0.2, 0.25) is 0 Å². The molecule has 1 aliphatic heterocycles. The van der Waals surface area contributed by atoms with Crippen molar-refractivity contribution in [3.05, 3.63) is 35.2 Å². The third kappa shape index (κ3) is 3.95. The van der Waals surface area contributed by atoms with E-state index in [2.05, 4.69) is 31.1 Å². The maximum atomic E-state index is 13.0. The molecule has 0 spiro atoms. The van der Waals surface area contributed by atoms with Crippen LogP contribution in [0.15, 0.2) is 29.5 Å². The van der Waals surface area contributed by atoms with Gasteiger partial charge < -0.3 is 10.2 Å². The van der Waals surface area contributed by atoms with Crippen molar-refractivity contribution in [1.29, 1.82) is 0 Å². The maximum Gasteiger partial charge on any atom is 0.433 e. The van der Waals surface area contributed by atoms with Crippen molar-refractivity contribution in [3.63, 3.8) is 0 Å². The minimum atomic E-state index is -4.55. The van der Waals surface area contributed by atoms with Crippen molar-refractivity contribution in [2.75, 3.05) is 12.4 Å². The van der Waals surface area contributed by atoms with Crippen molar-refractivity contribution in [2.24, 2.45) is 34.5 Å². The summed E-state index contributed by atoms with van der Waals surface area (Å²) < 4.78 is 39.0. The first-order valence-corrected chi connectivity index (χ1v) is 13.2. The molecule has 4 aliphatic rings. The number of rotatable bonds is 3. The fourth-order valence-corrected chi connectivity index (χ4v) is 8.63. The Balaban J connectivity index is 1.32. The molecular formula is C28H36F3N3O2. The standard InChI is InChI=1S/C28H36F3N3O2/c1-16-14-18-19-9-8-17(15-23(35)33-22-7-5-6-21(32-22)28(29,30)31)26(19,2)12-10-20(18)27(3)13-11-24(36)34(4)25(16)27/h5-7,17-20H,8-15H2,1-4H3,(H,32,33,35)/t17-,18?,19+,20?,26-,27-/m1/s1. The van der Waals surface area contributed by atoms with E-state index in [4.69, 9.17) is 0 Å². The van der Waals surface area contributed by atoms with E-state index in [1.807, 2.05) is 11.9 Å². The van der Waals surface area contributed by atoms with Gasteiger partial charge in [-0.25, -0.2) is 4.98 Å². The average molecular weight is 504 g/mol. The number of piperidine rings is 1. The Labute approximate surface area is 210 Å². The zero-order valence-corrected chi connectivity index (χ0v) is 21.5. The zero-order chi connectivity index (χ0) is 26.0. The van der Waals surface area contributed by atoms with Crippen LogP contribution in [0.4, 0.5) is 19.0 Å². The van der Waals surface area contributed by atoms with Crippen LogP contribution < -0.4 is 5.32 Å². The molecule has 1 aromatic heterocycles. The second-order valence-corrected chi connectivity index (χ2v) is 12.1. The number of hydrogen-bond acceptors (Lipinski definition) is 3. The van der Waals surface area contributed by atoms with Gasteiger partial charge >= 0.3 is 6.18 Å². The summed E-state index contributed by atoms with van der Waals surface area (Å²) in [6.07, 6.45) is 2.42. The Bertz CT molecular complexity index is 1120. The number of anilines is 1. The van der Waals surface area contributed by atoms with Crippen LogP contribution >= 0.6 is 0 Å². The zero-order valence-electron chi connectivity index (χ0n) is 21.5. The smallest absolute Gasteiger partial charge is 0.319 e. The van der Waals surface area contributed by atoms with Gasteiger partial charge in [-0.1, -0.05) is 25.5 Å². The second-order valence-electron chi connectivity index (χ2n) is 12.1. The quantitative estimate of drug-likeness (QED) is 0.518. The topological polar surface area (TPSA) is 62.3 Å². The summed E-state index contributed by atoms with van der Waals surface area (Å²) >= 11 is 0. The van der Waals surface area contributed by atoms with Gasteiger partial charge in [0.2, 0.25) is 11.8 Å². The highest BCUT2D eigenvalue weighted by atomic mass is 19.4. The van der Waals surface area contributed by atoms with E-state index in [1.54, 1.807) is 0 Å². The summed E-state index contributed by atoms with van der Waals surface area (Å²) in [6, 6.07) is 3.58. The van der Waals surface area contributed by atoms with E-state index in [1.165, 1.54) is 23.4 Å². The number of aromatic nitrogens is 1. The largest absolute Gasteiger partial charge is 0.433 e. The van der Waals surface area contributed by atoms with E-state index in [0.717, 1.165) is 44.6 Å². The van der Waals surface area contributed by atoms with Gasteiger partial charge in [-0.2, -0.15) is 13.2 Å². The molecule has 3 fully saturated rings. The lowest BCUT2D eigenvalue weighted by Crippen LogP contribution is -2.54. The Morgan fingerprint density at radius 2 is 1.92 bits per heavy atom. The Morgan fingerprint density at radius 3 is 2.64 bits per heavy atom. The average Bonchev–Trinajstić information content (AvgIpc) is 3.12. The highest BCUT2D eigenvalue weighted by Crippen LogP contribution is 2.67. The molecule has 36 heavy (non-hydrogen) atoms. The van der Waals surface area contributed by atoms with Gasteiger partial charge in [0.1, 0.15) is 11.5 Å². The molecule has 1 N–H and O–H groups in total. The summed E-state index contributed by atoms with van der Waals surface area (Å²) in [4.78, 5) is 30.9. The minimum absolute atomic E-state index is 0.0155. The van der Waals surface area contributed by atoms with Crippen molar-refractivity contribution in [3.8, 4) is 0 Å². The number of nitrogens with one attached hydrogen (secondary N) is 1. The number of allylic oxidation sites excluding steroid dienone is 2. The highest BCUT2D eigenvalue weighted by Gasteiger charge is 2.60. The monoisotopic (exact) mass is 503 g/mol. The van der Waals surface area contributed by atoms with Crippen LogP contribution in [-0.2, 0) is 15.8 Å². The lowest BCUT2D eigenvalue weighted by molar-refractivity contribution is -0.141. The molecule has 6 atom stereocenters. The molecule has 8 heteroatoms. The number of likely N-dealkylation sites (tertiary alicyclic amines) is 1. The van der Waals surface area contributed by atoms with Crippen LogP contribution in [0.5, 0.6) is 0 Å². The number of hydrogen-bond donors (Lipinski definition) is 1. The van der Waals surface area contributed by atoms with Crippen molar-refractivity contribution in [1.82, 2.24) is 9.88 Å². The second kappa shape index (κ2) is 8.59. The molecule has 2 saturated carbocycles. The molecule has 0 bridgehead atoms. The van der Waals surface area contributed by atoms with Crippen molar-refractivity contribution in [2.45, 2.75) is 78.3 Å². The first-order valence-electron chi connectivity index (χ1n) is 13.2. The number of halogens is 3. The molecule has 2 amide bonds. The van der Waals surface area contributed by atoms with Crippen molar-refractivity contribution >= 4 is 17.6 Å². The number of pyridine rings is 1. The number of carbonyl (C=O) groups excluding carboxylic acids is 2. The van der Waals surface area contributed by atoms with Crippen LogP contribution in [0, 0.1) is 34.5 Å². The number of carbonyl (C=O) groups is 2. The molecule has 1 saturated heterocycles. The lowest BCUT2D eigenvalue weighted by Gasteiger charge is -2.59. The summed E-state index contributed by atoms with van der Waals surface area (Å²) in [6.45, 7) is 6.87. The van der Waals surface area contributed by atoms with Gasteiger partial charge in [-0.3, -0.25) is 9.59 Å². The first kappa shape index (κ1) is 25.3. The fraction of sp³-hybridized carbons (Fsp3) is 0.679. The van der Waals surface area contributed by atoms with E-state index in [0.29, 0.717) is 30.6 Å². The van der Waals surface area contributed by atoms with Gasteiger partial charge in [0.15, 0.2) is 0 Å². The Morgan fingerprint density at radius 1 is 1.17 bits per heavy atom. The summed E-state index contributed by atoms with van der Waals surface area (Å²) in [5.41, 5.74) is 1.61. The Kier molecular flexibility index (Phi) is 6.03. The molecule has 5 rings (SSSR count). The number of fused-ring (bicyclic) bond motifs is 5. The van der Waals surface area contributed by atoms with Gasteiger partial charge in [0.05, 0.1) is 0 Å². The molecule has 0 radical (unpaired) electrons. The third-order valence-corrected chi connectivity index (χ3v) is 10.2. The van der Waals surface area contributed by atoms with Gasteiger partial charge in [-0.15, -0.1) is 0 Å². The van der Waals surface area contributed by atoms with Crippen molar-refractivity contribution < 1.29 is 22.8 Å².